The monoisotopic (exact) mass is 1550 g/mol. The number of nitrogens with one attached hydrogen (secondary N) is 2. The second-order valence-electron chi connectivity index (χ2n) is 24.7. The molecule has 463 valence electrons. The van der Waals surface area contributed by atoms with E-state index in [-0.39, 0.29) is 96.0 Å². The molecule has 0 bridgehead atoms. The van der Waals surface area contributed by atoms with Gasteiger partial charge in [-0.25, -0.2) is 0 Å². The number of carbonyl (C=O) groups excluding carboxylic acids is 4. The molecule has 6 atom stereocenters. The Bertz CT molecular complexity index is 3700. The average Bonchev–Trinajstić information content (AvgIpc) is 1.13. The van der Waals surface area contributed by atoms with Crippen LogP contribution in [0.5, 0.6) is 11.5 Å². The number of Topliss-reactive ketones (excluding diaryl/α,β-unsaturated/α-hetero) is 2. The van der Waals surface area contributed by atoms with E-state index in [2.05, 4.69) is 53.3 Å². The zero-order valence-electron chi connectivity index (χ0n) is 50.7. The van der Waals surface area contributed by atoms with E-state index < -0.39 is 27.3 Å². The van der Waals surface area contributed by atoms with Crippen molar-refractivity contribution in [2.24, 2.45) is 45.5 Å². The van der Waals surface area contributed by atoms with Gasteiger partial charge >= 0.3 is 67.6 Å². The molecule has 3 aromatic carbocycles. The molecule has 5 aliphatic rings. The number of hydrogen-bond acceptors (Lipinski definition) is 12. The van der Waals surface area contributed by atoms with Crippen molar-refractivity contribution >= 4 is 116 Å². The van der Waals surface area contributed by atoms with E-state index in [1.54, 1.807) is 32.9 Å². The SMILES string of the molecule is C.CC1=CC(=O)C(C(C)C)=CC1(O)C(C1=NCCc2c1[nH]c1cc(C)ccc21)C1=C(C)C(=O)C=C(C(C)C)C1=O.Cc1ccc2c3c([nH]c2c1)C(C(c1c(C)c(O)cc(C(C)C)c1O)C1(O)CC(C(C)C)C(=O)CC1C)=NCC3.O=O.[F][V]([I])([I])[I]. The van der Waals surface area contributed by atoms with Crippen LogP contribution in [-0.2, 0) is 36.3 Å². The van der Waals surface area contributed by atoms with Crippen LogP contribution in [0.4, 0.5) is 3.41 Å². The van der Waals surface area contributed by atoms with Crippen LogP contribution < -0.4 is 0 Å². The van der Waals surface area contributed by atoms with Gasteiger partial charge in [-0.2, -0.15) is 0 Å². The van der Waals surface area contributed by atoms with Gasteiger partial charge in [0.25, 0.3) is 0 Å². The van der Waals surface area contributed by atoms with E-state index in [1.165, 1.54) is 12.2 Å². The molecular formula is C67H82FI3N4O10V. The van der Waals surface area contributed by atoms with Gasteiger partial charge in [-0.15, -0.1) is 0 Å². The van der Waals surface area contributed by atoms with Crippen LogP contribution in [0.3, 0.4) is 0 Å². The topological polar surface area (TPSA) is 240 Å². The van der Waals surface area contributed by atoms with Crippen molar-refractivity contribution in [2.45, 2.75) is 153 Å². The van der Waals surface area contributed by atoms with E-state index in [9.17, 15) is 43.0 Å². The summed E-state index contributed by atoms with van der Waals surface area (Å²) in [5.74, 6) is -2.98. The molecule has 3 aliphatic carbocycles. The number of phenols is 2. The first-order valence-corrected chi connectivity index (χ1v) is 42.9. The molecule has 14 nitrogen and oxygen atoms in total. The Kier molecular flexibility index (Phi) is 22.8. The van der Waals surface area contributed by atoms with Crippen molar-refractivity contribution < 1.29 is 47.3 Å². The van der Waals surface area contributed by atoms with Crippen molar-refractivity contribution in [2.75, 3.05) is 13.1 Å². The molecule has 0 radical (unpaired) electrons. The van der Waals surface area contributed by atoms with Gasteiger partial charge in [0.15, 0.2) is 17.3 Å². The average molecular weight is 1550 g/mol. The molecule has 0 amide bonds. The van der Waals surface area contributed by atoms with Crippen LogP contribution in [0.15, 0.2) is 98.5 Å². The molecule has 19 heteroatoms. The van der Waals surface area contributed by atoms with Crippen LogP contribution in [0.2, 0.25) is 0 Å². The number of benzene rings is 3. The third-order valence-electron chi connectivity index (χ3n) is 17.8. The number of carbonyl (C=O) groups is 4. The number of aromatic nitrogens is 2. The first kappa shape index (κ1) is 70.6. The second kappa shape index (κ2) is 27.7. The number of phenolic OH excluding ortho intramolecular Hbond substituents is 2. The molecule has 5 aromatic rings. The van der Waals surface area contributed by atoms with Crippen LogP contribution in [0.25, 0.3) is 21.8 Å². The molecule has 2 aliphatic heterocycles. The molecule has 2 aromatic heterocycles. The van der Waals surface area contributed by atoms with Crippen molar-refractivity contribution in [1.29, 1.82) is 0 Å². The number of H-pyrrole nitrogens is 2. The Morgan fingerprint density at radius 2 is 1.19 bits per heavy atom. The van der Waals surface area contributed by atoms with Crippen LogP contribution in [0, 0.1) is 66.2 Å². The van der Waals surface area contributed by atoms with Crippen molar-refractivity contribution in [1.82, 2.24) is 9.97 Å². The summed E-state index contributed by atoms with van der Waals surface area (Å²) >= 11 is 5.57. The first-order chi connectivity index (χ1) is 39.7. The van der Waals surface area contributed by atoms with Gasteiger partial charge in [0.1, 0.15) is 22.9 Å². The fourth-order valence-corrected chi connectivity index (χ4v) is 13.1. The number of aliphatic imine (C=N–C) groups is 2. The quantitative estimate of drug-likeness (QED) is 0.0439. The number of rotatable bonds is 10. The molecule has 6 N–H and O–H groups in total. The number of aromatic hydroxyl groups is 2. The van der Waals surface area contributed by atoms with Crippen LogP contribution in [-0.4, -0.2) is 89.2 Å². The number of allylic oxidation sites excluding steroid dienone is 5. The maximum absolute atomic E-state index is 14.1. The van der Waals surface area contributed by atoms with Gasteiger partial charge in [0, 0.05) is 90.6 Å². The summed E-state index contributed by atoms with van der Waals surface area (Å²) in [6.45, 7) is 27.8. The van der Waals surface area contributed by atoms with E-state index in [0.29, 0.717) is 63.5 Å². The fourth-order valence-electron chi connectivity index (χ4n) is 13.1. The van der Waals surface area contributed by atoms with Crippen molar-refractivity contribution in [3.05, 3.63) is 149 Å². The van der Waals surface area contributed by atoms with Gasteiger partial charge in [0.2, 0.25) is 0 Å². The summed E-state index contributed by atoms with van der Waals surface area (Å²) in [7, 11) is 0. The maximum atomic E-state index is 14.1. The van der Waals surface area contributed by atoms with Crippen LogP contribution >= 0.6 is 59.9 Å². The number of aromatic amines is 2. The molecule has 1 fully saturated rings. The van der Waals surface area contributed by atoms with E-state index in [4.69, 9.17) is 19.9 Å². The van der Waals surface area contributed by atoms with E-state index in [0.717, 1.165) is 68.3 Å². The summed E-state index contributed by atoms with van der Waals surface area (Å²) in [4.78, 5) is 84.6. The van der Waals surface area contributed by atoms with E-state index in [1.807, 2.05) is 129 Å². The molecule has 4 heterocycles. The third kappa shape index (κ3) is 14.0. The first-order valence-electron chi connectivity index (χ1n) is 28.9. The number of hydrogen-bond donors (Lipinski definition) is 6. The number of nitrogens with zero attached hydrogens (tertiary/aromatic N) is 2. The van der Waals surface area contributed by atoms with Crippen molar-refractivity contribution in [3.63, 3.8) is 0 Å². The molecule has 0 spiro atoms. The van der Waals surface area contributed by atoms with Gasteiger partial charge in [0.05, 0.1) is 40.2 Å². The summed E-state index contributed by atoms with van der Waals surface area (Å²) in [6, 6.07) is 14.2. The molecule has 1 saturated carbocycles. The second-order valence-corrected chi connectivity index (χ2v) is 65.2. The Balaban J connectivity index is 0.000000246. The minimum atomic E-state index is -2.47. The van der Waals surface area contributed by atoms with Gasteiger partial charge in [-0.05, 0) is 153 Å². The Morgan fingerprint density at radius 3 is 1.65 bits per heavy atom. The number of aryl methyl sites for hydroxylation is 2. The summed E-state index contributed by atoms with van der Waals surface area (Å²) in [6.07, 6.45) is 6.52. The standard InChI is InChI=1S/C33H42N2O4.C33H36N2O4.CH4.FH.3HI.O2.V/c2*1-16(2)23-14-26(36)20(7)28(32(23)38)29(33(39)15-24(17(3)4)27(37)13-19(33)6)31-30-22(10-11-34-31)21-9-8-18(5)12-25(21)35-30;;;;;;1-2;/h8-9,12,14,16-17,19,24,29,35-36,38-39H,10-11,13,15H2,1-7H3;8-9,12-17,29,35,39H,10-11H2,1-7H3;1H4;4*1H;;/q;;;;;;;;+4/p-4. The predicted octanol–water partition coefficient (Wildman–Crippen LogP) is 15.6. The predicted molar refractivity (Wildman–Crippen MR) is 367 cm³/mol. The van der Waals surface area contributed by atoms with Crippen molar-refractivity contribution in [3.8, 4) is 11.5 Å². The van der Waals surface area contributed by atoms with Crippen LogP contribution in [0.1, 0.15) is 159 Å². The Hall–Kier alpha value is -4.46. The number of ketones is 4. The summed E-state index contributed by atoms with van der Waals surface area (Å²) in [5.41, 5.74) is 9.78. The fraction of sp³-hybridized carbons (Fsp3) is 0.463. The molecule has 86 heavy (non-hydrogen) atoms. The molecule has 6 unspecified atom stereocenters. The number of fused-ring (bicyclic) bond motifs is 6. The van der Waals surface area contributed by atoms with Gasteiger partial charge in [-0.1, -0.05) is 94.0 Å². The molecule has 10 rings (SSSR count). The Labute approximate surface area is 540 Å². The number of aliphatic hydroxyl groups is 2. The third-order valence-corrected chi connectivity index (χ3v) is 17.8. The van der Waals surface area contributed by atoms with Gasteiger partial charge in [-0.3, -0.25) is 29.2 Å². The normalized spacial score (nSPS) is 22.1. The van der Waals surface area contributed by atoms with E-state index >= 15 is 0 Å². The zero-order valence-corrected chi connectivity index (χ0v) is 58.6. The summed E-state index contributed by atoms with van der Waals surface area (Å²) < 4.78 is 9.35. The molecule has 0 saturated heterocycles. The summed E-state index contributed by atoms with van der Waals surface area (Å²) in [5, 5.41) is 50.5. The zero-order chi connectivity index (χ0) is 63.3. The number of halogens is 4. The molecular weight excluding hydrogens is 1470 g/mol. The Morgan fingerprint density at radius 1 is 0.698 bits per heavy atom. The van der Waals surface area contributed by atoms with Gasteiger partial charge < -0.3 is 30.4 Å². The minimum absolute atomic E-state index is 0.